The van der Waals surface area contributed by atoms with Crippen molar-refractivity contribution in [3.63, 3.8) is 0 Å². The lowest BCUT2D eigenvalue weighted by Gasteiger charge is -2.35. The Morgan fingerprint density at radius 1 is 0.955 bits per heavy atom. The van der Waals surface area contributed by atoms with Crippen molar-refractivity contribution in [3.8, 4) is 0 Å². The zero-order chi connectivity index (χ0) is 15.6. The number of piperazine rings is 1. The second-order valence-electron chi connectivity index (χ2n) is 6.02. The summed E-state index contributed by atoms with van der Waals surface area (Å²) < 4.78 is 26.6. The number of sulfonamides is 1. The van der Waals surface area contributed by atoms with Gasteiger partial charge in [0.1, 0.15) is 0 Å². The zero-order valence-electron chi connectivity index (χ0n) is 12.6. The van der Waals surface area contributed by atoms with E-state index in [0.29, 0.717) is 31.1 Å². The number of benzene rings is 1. The first-order chi connectivity index (χ1) is 10.6. The molecular formula is C16H22N2O3S. The monoisotopic (exact) mass is 322 g/mol. The fourth-order valence-electron chi connectivity index (χ4n) is 3.32. The Morgan fingerprint density at radius 2 is 1.55 bits per heavy atom. The van der Waals surface area contributed by atoms with Crippen LogP contribution in [0.2, 0.25) is 0 Å². The van der Waals surface area contributed by atoms with Crippen molar-refractivity contribution < 1.29 is 13.2 Å². The molecule has 3 rings (SSSR count). The van der Waals surface area contributed by atoms with Crippen LogP contribution in [0.4, 0.5) is 0 Å². The summed E-state index contributed by atoms with van der Waals surface area (Å²) in [5.41, 5.74) is 0. The van der Waals surface area contributed by atoms with E-state index in [0.717, 1.165) is 25.7 Å². The highest BCUT2D eigenvalue weighted by Crippen LogP contribution is 2.27. The maximum atomic E-state index is 12.5. The molecule has 1 aliphatic carbocycles. The van der Waals surface area contributed by atoms with Gasteiger partial charge in [-0.1, -0.05) is 31.0 Å². The number of carbonyl (C=O) groups is 1. The molecule has 0 radical (unpaired) electrons. The van der Waals surface area contributed by atoms with Crippen LogP contribution in [0.15, 0.2) is 35.2 Å². The molecule has 1 heterocycles. The van der Waals surface area contributed by atoms with Crippen molar-refractivity contribution in [2.24, 2.45) is 5.92 Å². The van der Waals surface area contributed by atoms with E-state index in [9.17, 15) is 13.2 Å². The molecule has 0 unspecified atom stereocenters. The third kappa shape index (κ3) is 3.03. The first-order valence-corrected chi connectivity index (χ1v) is 9.37. The number of carbonyl (C=O) groups excluding carboxylic acids is 1. The van der Waals surface area contributed by atoms with Crippen LogP contribution >= 0.6 is 0 Å². The first kappa shape index (κ1) is 15.5. The molecule has 120 valence electrons. The third-order valence-electron chi connectivity index (χ3n) is 4.64. The molecule has 0 bridgehead atoms. The van der Waals surface area contributed by atoms with Gasteiger partial charge < -0.3 is 4.90 Å². The third-order valence-corrected chi connectivity index (χ3v) is 6.55. The van der Waals surface area contributed by atoms with Gasteiger partial charge in [-0.05, 0) is 25.0 Å². The lowest BCUT2D eigenvalue weighted by Crippen LogP contribution is -2.51. The number of rotatable bonds is 3. The average molecular weight is 322 g/mol. The fraction of sp³-hybridized carbons (Fsp3) is 0.562. The largest absolute Gasteiger partial charge is 0.340 e. The Morgan fingerprint density at radius 3 is 2.14 bits per heavy atom. The molecule has 0 aromatic heterocycles. The maximum absolute atomic E-state index is 12.5. The Labute approximate surface area is 132 Å². The SMILES string of the molecule is O=C(C1CCCC1)N1CCN(S(=O)(=O)c2ccccc2)CC1. The van der Waals surface area contributed by atoms with Crippen LogP contribution in [-0.4, -0.2) is 49.7 Å². The predicted molar refractivity (Wildman–Crippen MR) is 83.7 cm³/mol. The van der Waals surface area contributed by atoms with E-state index in [2.05, 4.69) is 0 Å². The number of nitrogens with zero attached hydrogens (tertiary/aromatic N) is 2. The zero-order valence-corrected chi connectivity index (χ0v) is 13.5. The molecule has 6 heteroatoms. The summed E-state index contributed by atoms with van der Waals surface area (Å²) in [5, 5.41) is 0. The highest BCUT2D eigenvalue weighted by Gasteiger charge is 2.33. The highest BCUT2D eigenvalue weighted by molar-refractivity contribution is 7.89. The molecule has 22 heavy (non-hydrogen) atoms. The standard InChI is InChI=1S/C16H22N2O3S/c19-16(14-6-4-5-7-14)17-10-12-18(13-11-17)22(20,21)15-8-2-1-3-9-15/h1-3,8-9,14H,4-7,10-13H2. The Kier molecular flexibility index (Phi) is 4.49. The number of hydrogen-bond acceptors (Lipinski definition) is 3. The predicted octanol–water partition coefficient (Wildman–Crippen LogP) is 1.71. The van der Waals surface area contributed by atoms with Gasteiger partial charge in [0, 0.05) is 32.1 Å². The Bertz CT molecular complexity index is 616. The number of hydrogen-bond donors (Lipinski definition) is 0. The molecular weight excluding hydrogens is 300 g/mol. The quantitative estimate of drug-likeness (QED) is 0.851. The van der Waals surface area contributed by atoms with Crippen LogP contribution in [0.1, 0.15) is 25.7 Å². The minimum Gasteiger partial charge on any atom is -0.340 e. The summed E-state index contributed by atoms with van der Waals surface area (Å²) >= 11 is 0. The van der Waals surface area contributed by atoms with Gasteiger partial charge in [-0.15, -0.1) is 0 Å². The van der Waals surface area contributed by atoms with Crippen LogP contribution in [0.3, 0.4) is 0 Å². The van der Waals surface area contributed by atoms with Gasteiger partial charge in [0.15, 0.2) is 0 Å². The van der Waals surface area contributed by atoms with Crippen LogP contribution in [-0.2, 0) is 14.8 Å². The molecule has 2 aliphatic rings. The average Bonchev–Trinajstić information content (AvgIpc) is 3.09. The van der Waals surface area contributed by atoms with Crippen molar-refractivity contribution in [1.29, 1.82) is 0 Å². The fourth-order valence-corrected chi connectivity index (χ4v) is 4.76. The van der Waals surface area contributed by atoms with Crippen molar-refractivity contribution in [3.05, 3.63) is 30.3 Å². The molecule has 1 aromatic rings. The summed E-state index contributed by atoms with van der Waals surface area (Å²) in [5.74, 6) is 0.381. The Balaban J connectivity index is 1.63. The smallest absolute Gasteiger partial charge is 0.243 e. The minimum atomic E-state index is -3.43. The van der Waals surface area contributed by atoms with E-state index in [-0.39, 0.29) is 11.8 Å². The molecule has 0 N–H and O–H groups in total. The van der Waals surface area contributed by atoms with Crippen LogP contribution in [0.5, 0.6) is 0 Å². The second kappa shape index (κ2) is 6.38. The summed E-state index contributed by atoms with van der Waals surface area (Å²) in [6.45, 7) is 1.77. The molecule has 0 spiro atoms. The van der Waals surface area contributed by atoms with E-state index in [1.165, 1.54) is 4.31 Å². The van der Waals surface area contributed by atoms with Gasteiger partial charge in [0.05, 0.1) is 4.90 Å². The van der Waals surface area contributed by atoms with Crippen molar-refractivity contribution in [2.75, 3.05) is 26.2 Å². The van der Waals surface area contributed by atoms with Crippen LogP contribution in [0.25, 0.3) is 0 Å². The van der Waals surface area contributed by atoms with Gasteiger partial charge in [-0.2, -0.15) is 4.31 Å². The van der Waals surface area contributed by atoms with Gasteiger partial charge in [0.25, 0.3) is 0 Å². The summed E-state index contributed by atoms with van der Waals surface area (Å²) in [4.78, 5) is 14.5. The van der Waals surface area contributed by atoms with Crippen molar-refractivity contribution >= 4 is 15.9 Å². The van der Waals surface area contributed by atoms with E-state index >= 15 is 0 Å². The maximum Gasteiger partial charge on any atom is 0.243 e. The highest BCUT2D eigenvalue weighted by atomic mass is 32.2. The molecule has 2 fully saturated rings. The van der Waals surface area contributed by atoms with Gasteiger partial charge in [-0.25, -0.2) is 8.42 Å². The molecule has 0 atom stereocenters. The van der Waals surface area contributed by atoms with Crippen molar-refractivity contribution in [1.82, 2.24) is 9.21 Å². The topological polar surface area (TPSA) is 57.7 Å². The summed E-state index contributed by atoms with van der Waals surface area (Å²) in [6.07, 6.45) is 4.25. The molecule has 1 amide bonds. The van der Waals surface area contributed by atoms with Crippen LogP contribution in [0, 0.1) is 5.92 Å². The molecule has 1 aliphatic heterocycles. The molecule has 1 aromatic carbocycles. The van der Waals surface area contributed by atoms with Gasteiger partial charge >= 0.3 is 0 Å². The lowest BCUT2D eigenvalue weighted by molar-refractivity contribution is -0.136. The van der Waals surface area contributed by atoms with Gasteiger partial charge in [-0.3, -0.25) is 4.79 Å². The second-order valence-corrected chi connectivity index (χ2v) is 7.96. The molecule has 1 saturated heterocycles. The number of amides is 1. The molecule has 5 nitrogen and oxygen atoms in total. The minimum absolute atomic E-state index is 0.164. The van der Waals surface area contributed by atoms with E-state index in [4.69, 9.17) is 0 Å². The van der Waals surface area contributed by atoms with E-state index < -0.39 is 10.0 Å². The Hall–Kier alpha value is -1.40. The molecule has 1 saturated carbocycles. The van der Waals surface area contributed by atoms with E-state index in [1.807, 2.05) is 4.90 Å². The van der Waals surface area contributed by atoms with Gasteiger partial charge in [0.2, 0.25) is 15.9 Å². The van der Waals surface area contributed by atoms with Crippen molar-refractivity contribution in [2.45, 2.75) is 30.6 Å². The van der Waals surface area contributed by atoms with E-state index in [1.54, 1.807) is 30.3 Å². The first-order valence-electron chi connectivity index (χ1n) is 7.93. The summed E-state index contributed by atoms with van der Waals surface area (Å²) in [7, 11) is -3.43. The summed E-state index contributed by atoms with van der Waals surface area (Å²) in [6, 6.07) is 8.49. The normalized spacial score (nSPS) is 21.2. The lowest BCUT2D eigenvalue weighted by atomic mass is 10.1. The van der Waals surface area contributed by atoms with Crippen LogP contribution < -0.4 is 0 Å².